The van der Waals surface area contributed by atoms with Crippen LogP contribution in [0.25, 0.3) is 17.1 Å². The molecule has 0 bridgehead atoms. The Labute approximate surface area is 198 Å². The van der Waals surface area contributed by atoms with Crippen molar-refractivity contribution in [3.63, 3.8) is 0 Å². The van der Waals surface area contributed by atoms with Gasteiger partial charge < -0.3 is 4.74 Å². The van der Waals surface area contributed by atoms with Gasteiger partial charge in [-0.05, 0) is 56.8 Å². The van der Waals surface area contributed by atoms with E-state index in [-0.39, 0.29) is 11.5 Å². The van der Waals surface area contributed by atoms with Crippen molar-refractivity contribution in [2.24, 2.45) is 0 Å². The highest BCUT2D eigenvalue weighted by atomic mass is 32.1. The Morgan fingerprint density at radius 3 is 2.55 bits per heavy atom. The lowest BCUT2D eigenvalue weighted by Gasteiger charge is -2.17. The molecule has 0 aliphatic rings. The van der Waals surface area contributed by atoms with Crippen LogP contribution in [0.3, 0.4) is 0 Å². The highest BCUT2D eigenvalue weighted by molar-refractivity contribution is 7.10. The van der Waals surface area contributed by atoms with Gasteiger partial charge >= 0.3 is 0 Å². The molecule has 0 aromatic carbocycles. The van der Waals surface area contributed by atoms with E-state index in [9.17, 15) is 4.79 Å². The van der Waals surface area contributed by atoms with Gasteiger partial charge in [0.05, 0.1) is 22.6 Å². The first-order valence-electron chi connectivity index (χ1n) is 10.9. The van der Waals surface area contributed by atoms with Crippen LogP contribution in [0.1, 0.15) is 52.9 Å². The molecule has 7 heteroatoms. The van der Waals surface area contributed by atoms with Gasteiger partial charge in [0.2, 0.25) is 0 Å². The number of rotatable bonds is 6. The van der Waals surface area contributed by atoms with Crippen LogP contribution in [-0.2, 0) is 6.61 Å². The maximum atomic E-state index is 13.4. The highest BCUT2D eigenvalue weighted by Crippen LogP contribution is 2.25. The van der Waals surface area contributed by atoms with Crippen molar-refractivity contribution in [3.05, 3.63) is 85.5 Å². The second-order valence-electron chi connectivity index (χ2n) is 8.58. The molecule has 170 valence electrons. The van der Waals surface area contributed by atoms with Crippen LogP contribution in [-0.4, -0.2) is 19.5 Å². The molecule has 4 rings (SSSR count). The number of hydrogen-bond donors (Lipinski definition) is 0. The lowest BCUT2D eigenvalue weighted by atomic mass is 10.1. The third-order valence-corrected chi connectivity index (χ3v) is 6.44. The average Bonchev–Trinajstić information content (AvgIpc) is 3.21. The van der Waals surface area contributed by atoms with Crippen LogP contribution >= 0.6 is 11.3 Å². The third kappa shape index (κ3) is 4.73. The molecule has 0 amide bonds. The van der Waals surface area contributed by atoms with Crippen LogP contribution in [0.2, 0.25) is 0 Å². The van der Waals surface area contributed by atoms with Crippen LogP contribution < -0.4 is 10.3 Å². The van der Waals surface area contributed by atoms with E-state index in [4.69, 9.17) is 4.74 Å². The van der Waals surface area contributed by atoms with E-state index in [1.54, 1.807) is 28.3 Å². The molecule has 0 N–H and O–H groups in total. The number of nitrogens with zero attached hydrogens (tertiary/aromatic N) is 4. The topological polar surface area (TPSA) is 69.9 Å². The Hall–Kier alpha value is -3.32. The van der Waals surface area contributed by atoms with Crippen molar-refractivity contribution in [2.45, 2.75) is 54.1 Å². The zero-order chi connectivity index (χ0) is 23.7. The lowest BCUT2D eigenvalue weighted by Crippen LogP contribution is -2.24. The monoisotopic (exact) mass is 460 g/mol. The van der Waals surface area contributed by atoms with Gasteiger partial charge in [-0.15, -0.1) is 11.3 Å². The molecule has 0 aliphatic carbocycles. The first-order chi connectivity index (χ1) is 15.7. The van der Waals surface area contributed by atoms with Crippen LogP contribution in [0, 0.1) is 27.7 Å². The third-order valence-electron chi connectivity index (χ3n) is 5.53. The van der Waals surface area contributed by atoms with Gasteiger partial charge in [-0.1, -0.05) is 13.8 Å². The Morgan fingerprint density at radius 2 is 1.85 bits per heavy atom. The Kier molecular flexibility index (Phi) is 6.42. The molecular formula is C26H28N4O2S. The number of ether oxygens (including phenoxy) is 1. The smallest absolute Gasteiger partial charge is 0.261 e. The SMILES string of the molecule is Cc1cc(COc2cc(C)n(-c3cc(-c4ccnc(C(C)C)n4)ncc3C)c(=O)c2C)cs1. The Morgan fingerprint density at radius 1 is 1.06 bits per heavy atom. The molecule has 0 unspecified atom stereocenters. The zero-order valence-corrected chi connectivity index (χ0v) is 20.7. The van der Waals surface area contributed by atoms with Crippen molar-refractivity contribution >= 4 is 11.3 Å². The minimum Gasteiger partial charge on any atom is -0.488 e. The van der Waals surface area contributed by atoms with Crippen molar-refractivity contribution in [1.29, 1.82) is 0 Å². The van der Waals surface area contributed by atoms with Crippen molar-refractivity contribution in [1.82, 2.24) is 19.5 Å². The van der Waals surface area contributed by atoms with Crippen molar-refractivity contribution < 1.29 is 4.74 Å². The summed E-state index contributed by atoms with van der Waals surface area (Å²) < 4.78 is 7.74. The summed E-state index contributed by atoms with van der Waals surface area (Å²) in [4.78, 5) is 28.2. The molecule has 4 aromatic rings. The summed E-state index contributed by atoms with van der Waals surface area (Å²) in [5.74, 6) is 1.60. The van der Waals surface area contributed by atoms with Gasteiger partial charge in [-0.3, -0.25) is 14.3 Å². The van der Waals surface area contributed by atoms with Crippen LogP contribution in [0.15, 0.2) is 46.8 Å². The quantitative estimate of drug-likeness (QED) is 0.370. The van der Waals surface area contributed by atoms with E-state index in [0.29, 0.717) is 23.6 Å². The fourth-order valence-corrected chi connectivity index (χ4v) is 4.36. The molecule has 0 fully saturated rings. The van der Waals surface area contributed by atoms with Gasteiger partial charge in [0.25, 0.3) is 5.56 Å². The first kappa shape index (κ1) is 22.9. The minimum atomic E-state index is -0.0997. The molecule has 4 aromatic heterocycles. The molecular weight excluding hydrogens is 432 g/mol. The number of pyridine rings is 2. The maximum Gasteiger partial charge on any atom is 0.261 e. The fraction of sp³-hybridized carbons (Fsp3) is 0.308. The zero-order valence-electron chi connectivity index (χ0n) is 19.8. The normalized spacial score (nSPS) is 11.2. The van der Waals surface area contributed by atoms with E-state index < -0.39 is 0 Å². The number of thiophene rings is 1. The molecule has 4 heterocycles. The van der Waals surface area contributed by atoms with E-state index in [1.165, 1.54) is 4.88 Å². The molecule has 0 spiro atoms. The molecule has 6 nitrogen and oxygen atoms in total. The van der Waals surface area contributed by atoms with Gasteiger partial charge in [-0.2, -0.15) is 0 Å². The summed E-state index contributed by atoms with van der Waals surface area (Å²) in [6, 6.07) is 7.80. The van der Waals surface area contributed by atoms with E-state index in [2.05, 4.69) is 47.2 Å². The molecule has 33 heavy (non-hydrogen) atoms. The highest BCUT2D eigenvalue weighted by Gasteiger charge is 2.16. The summed E-state index contributed by atoms with van der Waals surface area (Å²) in [5.41, 5.74) is 5.53. The Balaban J connectivity index is 1.73. The van der Waals surface area contributed by atoms with E-state index in [0.717, 1.165) is 34.0 Å². The van der Waals surface area contributed by atoms with Gasteiger partial charge in [0.15, 0.2) is 0 Å². The minimum absolute atomic E-state index is 0.0997. The predicted octanol–water partition coefficient (Wildman–Crippen LogP) is 5.69. The van der Waals surface area contributed by atoms with Crippen molar-refractivity contribution in [3.8, 4) is 22.8 Å². The van der Waals surface area contributed by atoms with Gasteiger partial charge in [0.1, 0.15) is 18.2 Å². The summed E-state index contributed by atoms with van der Waals surface area (Å²) in [7, 11) is 0. The molecule has 0 aliphatic heterocycles. The van der Waals surface area contributed by atoms with Gasteiger partial charge in [-0.25, -0.2) is 9.97 Å². The maximum absolute atomic E-state index is 13.4. The largest absolute Gasteiger partial charge is 0.488 e. The summed E-state index contributed by atoms with van der Waals surface area (Å²) in [6.45, 7) is 12.3. The fourth-order valence-electron chi connectivity index (χ4n) is 3.67. The van der Waals surface area contributed by atoms with Crippen LogP contribution in [0.5, 0.6) is 5.75 Å². The average molecular weight is 461 g/mol. The molecule has 0 atom stereocenters. The molecule has 0 saturated carbocycles. The van der Waals surface area contributed by atoms with E-state index in [1.807, 2.05) is 39.0 Å². The van der Waals surface area contributed by atoms with Crippen molar-refractivity contribution in [2.75, 3.05) is 0 Å². The lowest BCUT2D eigenvalue weighted by molar-refractivity contribution is 0.303. The van der Waals surface area contributed by atoms with Gasteiger partial charge in [0, 0.05) is 40.5 Å². The predicted molar refractivity (Wildman–Crippen MR) is 133 cm³/mol. The first-order valence-corrected chi connectivity index (χ1v) is 11.8. The second kappa shape index (κ2) is 9.27. The second-order valence-corrected chi connectivity index (χ2v) is 9.70. The van der Waals surface area contributed by atoms with E-state index >= 15 is 0 Å². The summed E-state index contributed by atoms with van der Waals surface area (Å²) in [5, 5.41) is 2.08. The number of aryl methyl sites for hydroxylation is 3. The molecule has 0 saturated heterocycles. The number of hydrogen-bond acceptors (Lipinski definition) is 6. The van der Waals surface area contributed by atoms with Crippen LogP contribution in [0.4, 0.5) is 0 Å². The Bertz CT molecular complexity index is 1370. The summed E-state index contributed by atoms with van der Waals surface area (Å²) in [6.07, 6.45) is 3.54. The molecule has 0 radical (unpaired) electrons. The standard InChI is InChI=1S/C26H28N4O2S/c1-15(2)25-27-8-7-21(29-25)22-11-23(16(3)12-28-22)30-17(4)9-24(19(6)26(30)31)32-13-20-10-18(5)33-14-20/h7-12,14-15H,13H2,1-6H3. The summed E-state index contributed by atoms with van der Waals surface area (Å²) >= 11 is 1.69. The number of aromatic nitrogens is 4.